The summed E-state index contributed by atoms with van der Waals surface area (Å²) >= 11 is 5.26. The van der Waals surface area contributed by atoms with Gasteiger partial charge in [0, 0.05) is 0 Å². The van der Waals surface area contributed by atoms with Gasteiger partial charge < -0.3 is 4.74 Å². The number of hydrogen-bond acceptors (Lipinski definition) is 2. The largest absolute Gasteiger partial charge is 0.481 e. The van der Waals surface area contributed by atoms with Crippen molar-refractivity contribution in [1.82, 2.24) is 4.98 Å². The molecule has 1 aromatic heterocycles. The van der Waals surface area contributed by atoms with Crippen LogP contribution in [-0.4, -0.2) is 12.1 Å². The molecule has 0 atom stereocenters. The molecule has 0 aliphatic carbocycles. The highest BCUT2D eigenvalue weighted by atomic mass is 35.5. The van der Waals surface area contributed by atoms with Crippen molar-refractivity contribution in [3.05, 3.63) is 22.3 Å². The molecule has 1 aromatic rings. The Balaban J connectivity index is 3.38. The first kappa shape index (κ1) is 13.0. The molecule has 0 saturated carbocycles. The topological polar surface area (TPSA) is 22.1 Å². The Hall–Kier alpha value is -1.11. The summed E-state index contributed by atoms with van der Waals surface area (Å²) in [5.41, 5.74) is -2.23. The number of pyridine rings is 1. The average molecular weight is 262 g/mol. The van der Waals surface area contributed by atoms with Crippen molar-refractivity contribution >= 4 is 11.6 Å². The molecule has 1 rings (SSSR count). The van der Waals surface area contributed by atoms with Crippen LogP contribution in [0.5, 0.6) is 5.88 Å². The van der Waals surface area contributed by atoms with Crippen molar-refractivity contribution in [2.24, 2.45) is 0 Å². The fourth-order valence-electron chi connectivity index (χ4n) is 0.997. The van der Waals surface area contributed by atoms with E-state index in [0.29, 0.717) is 6.07 Å². The summed E-state index contributed by atoms with van der Waals surface area (Å²) in [6.07, 6.45) is -7.83. The molecule has 0 aliphatic rings. The van der Waals surface area contributed by atoms with E-state index in [4.69, 9.17) is 11.6 Å². The Morgan fingerprint density at radius 3 is 2.31 bits per heavy atom. The predicted octanol–water partition coefficient (Wildman–Crippen LogP) is 3.70. The SMILES string of the molecule is COc1nc(C(F)F)c(Cl)cc1C(F)(F)F. The van der Waals surface area contributed by atoms with Crippen molar-refractivity contribution in [3.8, 4) is 5.88 Å². The standard InChI is InChI=1S/C8H5ClF5NO/c1-16-7-3(8(12,13)14)2-4(9)5(15-7)6(10)11/h2,6H,1H3. The maximum Gasteiger partial charge on any atom is 0.421 e. The van der Waals surface area contributed by atoms with Gasteiger partial charge in [-0.25, -0.2) is 13.8 Å². The quantitative estimate of drug-likeness (QED) is 0.757. The van der Waals surface area contributed by atoms with Gasteiger partial charge in [-0.2, -0.15) is 13.2 Å². The molecule has 0 N–H and O–H groups in total. The lowest BCUT2D eigenvalue weighted by Gasteiger charge is -2.13. The lowest BCUT2D eigenvalue weighted by atomic mass is 10.2. The molecule has 0 radical (unpaired) electrons. The average Bonchev–Trinajstić information content (AvgIpc) is 2.15. The molecular weight excluding hydrogens is 257 g/mol. The van der Waals surface area contributed by atoms with Gasteiger partial charge in [0.25, 0.3) is 6.43 Å². The lowest BCUT2D eigenvalue weighted by Crippen LogP contribution is -2.10. The number of rotatable bonds is 2. The number of hydrogen-bond donors (Lipinski definition) is 0. The highest BCUT2D eigenvalue weighted by molar-refractivity contribution is 6.31. The van der Waals surface area contributed by atoms with E-state index < -0.39 is 34.8 Å². The van der Waals surface area contributed by atoms with Crippen molar-refractivity contribution in [1.29, 1.82) is 0 Å². The maximum absolute atomic E-state index is 12.4. The number of halogens is 6. The van der Waals surface area contributed by atoms with Crippen LogP contribution >= 0.6 is 11.6 Å². The van der Waals surface area contributed by atoms with Crippen LogP contribution in [0.25, 0.3) is 0 Å². The van der Waals surface area contributed by atoms with Gasteiger partial charge in [0.05, 0.1) is 12.1 Å². The summed E-state index contributed by atoms with van der Waals surface area (Å²) in [5.74, 6) is -0.924. The second-order valence-corrected chi connectivity index (χ2v) is 3.12. The van der Waals surface area contributed by atoms with Gasteiger partial charge in [-0.3, -0.25) is 0 Å². The highest BCUT2D eigenvalue weighted by Crippen LogP contribution is 2.39. The minimum Gasteiger partial charge on any atom is -0.481 e. The zero-order valence-corrected chi connectivity index (χ0v) is 8.53. The van der Waals surface area contributed by atoms with E-state index in [9.17, 15) is 22.0 Å². The van der Waals surface area contributed by atoms with Crippen LogP contribution < -0.4 is 4.74 Å². The third-order valence-corrected chi connectivity index (χ3v) is 1.98. The molecule has 0 amide bonds. The summed E-state index contributed by atoms with van der Waals surface area (Å²) in [5, 5.41) is -0.747. The summed E-state index contributed by atoms with van der Waals surface area (Å²) in [6, 6.07) is 0.370. The van der Waals surface area contributed by atoms with Crippen LogP contribution in [0, 0.1) is 0 Å². The summed E-state index contributed by atoms with van der Waals surface area (Å²) < 4.78 is 66.0. The molecular formula is C8H5ClF5NO. The van der Waals surface area contributed by atoms with Gasteiger partial charge in [0.15, 0.2) is 0 Å². The van der Waals surface area contributed by atoms with Crippen LogP contribution in [-0.2, 0) is 6.18 Å². The molecule has 2 nitrogen and oxygen atoms in total. The van der Waals surface area contributed by atoms with Gasteiger partial charge in [0.1, 0.15) is 11.3 Å². The smallest absolute Gasteiger partial charge is 0.421 e. The number of alkyl halides is 5. The first-order valence-electron chi connectivity index (χ1n) is 3.87. The molecule has 0 unspecified atom stereocenters. The highest BCUT2D eigenvalue weighted by Gasteiger charge is 2.36. The van der Waals surface area contributed by atoms with Crippen LogP contribution in [0.15, 0.2) is 6.07 Å². The molecule has 0 bridgehead atoms. The van der Waals surface area contributed by atoms with Crippen molar-refractivity contribution in [2.75, 3.05) is 7.11 Å². The van der Waals surface area contributed by atoms with E-state index in [2.05, 4.69) is 9.72 Å². The lowest BCUT2D eigenvalue weighted by molar-refractivity contribution is -0.139. The molecule has 16 heavy (non-hydrogen) atoms. The van der Waals surface area contributed by atoms with Crippen LogP contribution in [0.2, 0.25) is 5.02 Å². The first-order chi connectivity index (χ1) is 7.27. The third-order valence-electron chi connectivity index (χ3n) is 1.67. The summed E-state index contributed by atoms with van der Waals surface area (Å²) in [6.45, 7) is 0. The van der Waals surface area contributed by atoms with Gasteiger partial charge in [-0.1, -0.05) is 11.6 Å². The van der Waals surface area contributed by atoms with Crippen LogP contribution in [0.1, 0.15) is 17.7 Å². The Kier molecular flexibility index (Phi) is 3.57. The monoisotopic (exact) mass is 261 g/mol. The first-order valence-corrected chi connectivity index (χ1v) is 4.25. The fraction of sp³-hybridized carbons (Fsp3) is 0.375. The van der Waals surface area contributed by atoms with Crippen molar-refractivity contribution in [2.45, 2.75) is 12.6 Å². The molecule has 0 spiro atoms. The molecule has 0 fully saturated rings. The van der Waals surface area contributed by atoms with Crippen LogP contribution in [0.4, 0.5) is 22.0 Å². The molecule has 0 aromatic carbocycles. The van der Waals surface area contributed by atoms with E-state index >= 15 is 0 Å². The maximum atomic E-state index is 12.4. The minimum absolute atomic E-state index is 0.370. The Labute approximate surface area is 92.0 Å². The number of aromatic nitrogens is 1. The van der Waals surface area contributed by atoms with E-state index in [1.807, 2.05) is 0 Å². The normalized spacial score (nSPS) is 12.0. The van der Waals surface area contributed by atoms with Crippen molar-refractivity contribution < 1.29 is 26.7 Å². The van der Waals surface area contributed by atoms with E-state index in [-0.39, 0.29) is 0 Å². The van der Waals surface area contributed by atoms with Gasteiger partial charge in [-0.05, 0) is 6.07 Å². The van der Waals surface area contributed by atoms with E-state index in [0.717, 1.165) is 7.11 Å². The molecule has 8 heteroatoms. The fourth-order valence-corrected chi connectivity index (χ4v) is 1.23. The summed E-state index contributed by atoms with van der Waals surface area (Å²) in [7, 11) is 0.903. The van der Waals surface area contributed by atoms with Gasteiger partial charge >= 0.3 is 6.18 Å². The number of ether oxygens (including phenoxy) is 1. The molecule has 90 valence electrons. The molecule has 0 saturated heterocycles. The second-order valence-electron chi connectivity index (χ2n) is 2.71. The zero-order valence-electron chi connectivity index (χ0n) is 7.78. The van der Waals surface area contributed by atoms with E-state index in [1.165, 1.54) is 0 Å². The Bertz CT molecular complexity index is 393. The Morgan fingerprint density at radius 2 is 1.94 bits per heavy atom. The minimum atomic E-state index is -4.76. The predicted molar refractivity (Wildman–Crippen MR) is 45.8 cm³/mol. The Morgan fingerprint density at radius 1 is 1.38 bits per heavy atom. The molecule has 0 aliphatic heterocycles. The number of methoxy groups -OCH3 is 1. The second kappa shape index (κ2) is 4.40. The zero-order chi connectivity index (χ0) is 12.5. The van der Waals surface area contributed by atoms with Gasteiger partial charge in [0.2, 0.25) is 5.88 Å². The van der Waals surface area contributed by atoms with Gasteiger partial charge in [-0.15, -0.1) is 0 Å². The van der Waals surface area contributed by atoms with E-state index in [1.54, 1.807) is 0 Å². The summed E-state index contributed by atoms with van der Waals surface area (Å²) in [4.78, 5) is 3.03. The number of nitrogens with zero attached hydrogens (tertiary/aromatic N) is 1. The van der Waals surface area contributed by atoms with Crippen LogP contribution in [0.3, 0.4) is 0 Å². The molecule has 1 heterocycles. The third kappa shape index (κ3) is 2.52. The van der Waals surface area contributed by atoms with Crippen molar-refractivity contribution in [3.63, 3.8) is 0 Å².